The lowest BCUT2D eigenvalue weighted by molar-refractivity contribution is -0.134. The number of phenolic OH excluding ortho intramolecular Hbond substituents is 1. The van der Waals surface area contributed by atoms with Gasteiger partial charge >= 0.3 is 0 Å². The fourth-order valence-electron chi connectivity index (χ4n) is 3.44. The van der Waals surface area contributed by atoms with Gasteiger partial charge in [0.2, 0.25) is 5.91 Å². The van der Waals surface area contributed by atoms with Crippen LogP contribution in [0.15, 0.2) is 47.1 Å². The molecule has 1 N–H and O–H groups in total. The molecular formula is C20H25NO3. The zero-order valence-corrected chi connectivity index (χ0v) is 14.0. The van der Waals surface area contributed by atoms with Crippen LogP contribution in [0.2, 0.25) is 0 Å². The van der Waals surface area contributed by atoms with E-state index in [1.165, 1.54) is 19.3 Å². The zero-order chi connectivity index (χ0) is 16.8. The maximum Gasteiger partial charge on any atom is 0.223 e. The lowest BCUT2D eigenvalue weighted by Gasteiger charge is -2.26. The monoisotopic (exact) mass is 327 g/mol. The zero-order valence-electron chi connectivity index (χ0n) is 14.0. The van der Waals surface area contributed by atoms with E-state index in [1.807, 2.05) is 24.3 Å². The first-order valence-electron chi connectivity index (χ1n) is 8.79. The maximum atomic E-state index is 12.9. The van der Waals surface area contributed by atoms with Gasteiger partial charge in [-0.25, -0.2) is 0 Å². The topological polar surface area (TPSA) is 53.7 Å². The molecule has 2 aromatic rings. The summed E-state index contributed by atoms with van der Waals surface area (Å²) in [4.78, 5) is 14.7. The number of amides is 1. The second-order valence-electron chi connectivity index (χ2n) is 6.67. The number of benzene rings is 1. The number of rotatable bonds is 6. The molecule has 0 unspecified atom stereocenters. The van der Waals surface area contributed by atoms with Gasteiger partial charge in [0, 0.05) is 18.5 Å². The molecule has 1 heterocycles. The summed E-state index contributed by atoms with van der Waals surface area (Å²) in [6, 6.07) is 10.9. The van der Waals surface area contributed by atoms with Crippen LogP contribution in [-0.2, 0) is 17.9 Å². The summed E-state index contributed by atoms with van der Waals surface area (Å²) >= 11 is 0. The third-order valence-electron chi connectivity index (χ3n) is 4.82. The Bertz CT molecular complexity index is 645. The fourth-order valence-corrected chi connectivity index (χ4v) is 3.44. The Balaban J connectivity index is 1.71. The molecule has 0 bridgehead atoms. The van der Waals surface area contributed by atoms with E-state index in [4.69, 9.17) is 4.42 Å². The average molecular weight is 327 g/mol. The molecule has 1 aliphatic carbocycles. The Morgan fingerprint density at radius 3 is 2.58 bits per heavy atom. The number of hydrogen-bond donors (Lipinski definition) is 1. The first kappa shape index (κ1) is 16.6. The third kappa shape index (κ3) is 4.40. The van der Waals surface area contributed by atoms with Crippen LogP contribution in [0.3, 0.4) is 0 Å². The van der Waals surface area contributed by atoms with E-state index in [1.54, 1.807) is 23.3 Å². The van der Waals surface area contributed by atoms with E-state index >= 15 is 0 Å². The van der Waals surface area contributed by atoms with Crippen molar-refractivity contribution >= 4 is 5.91 Å². The Morgan fingerprint density at radius 1 is 1.08 bits per heavy atom. The minimum absolute atomic E-state index is 0.140. The standard InChI is InChI=1S/C20H25NO3/c22-19-11-5-4-9-17(19)14-21(15-18-10-6-12-24-18)20(23)13-16-7-2-1-3-8-16/h4-6,9-12,16,22H,1-3,7-8,13-15H2. The van der Waals surface area contributed by atoms with E-state index in [9.17, 15) is 9.90 Å². The molecule has 0 saturated heterocycles. The first-order chi connectivity index (χ1) is 11.7. The Morgan fingerprint density at radius 2 is 1.88 bits per heavy atom. The molecule has 1 aromatic carbocycles. The van der Waals surface area contributed by atoms with E-state index in [-0.39, 0.29) is 11.7 Å². The number of phenols is 1. The molecule has 1 saturated carbocycles. The van der Waals surface area contributed by atoms with E-state index < -0.39 is 0 Å². The van der Waals surface area contributed by atoms with Gasteiger partial charge in [0.15, 0.2) is 0 Å². The van der Waals surface area contributed by atoms with Crippen LogP contribution < -0.4 is 0 Å². The number of furan rings is 1. The number of aromatic hydroxyl groups is 1. The second-order valence-corrected chi connectivity index (χ2v) is 6.67. The highest BCUT2D eigenvalue weighted by molar-refractivity contribution is 5.76. The molecule has 4 nitrogen and oxygen atoms in total. The van der Waals surface area contributed by atoms with Crippen molar-refractivity contribution in [3.63, 3.8) is 0 Å². The largest absolute Gasteiger partial charge is 0.508 e. The lowest BCUT2D eigenvalue weighted by Crippen LogP contribution is -2.31. The van der Waals surface area contributed by atoms with Crippen molar-refractivity contribution in [3.8, 4) is 5.75 Å². The van der Waals surface area contributed by atoms with Crippen LogP contribution in [-0.4, -0.2) is 15.9 Å². The summed E-state index contributed by atoms with van der Waals surface area (Å²) in [6.07, 6.45) is 8.27. The normalized spacial score (nSPS) is 15.3. The molecule has 1 fully saturated rings. The highest BCUT2D eigenvalue weighted by atomic mass is 16.3. The Labute approximate surface area is 143 Å². The summed E-state index contributed by atoms with van der Waals surface area (Å²) < 4.78 is 5.42. The van der Waals surface area contributed by atoms with E-state index in [0.717, 1.165) is 24.2 Å². The predicted octanol–water partition coefficient (Wildman–Crippen LogP) is 4.48. The predicted molar refractivity (Wildman–Crippen MR) is 92.3 cm³/mol. The molecule has 0 radical (unpaired) electrons. The smallest absolute Gasteiger partial charge is 0.223 e. The number of nitrogens with zero attached hydrogens (tertiary/aromatic N) is 1. The Hall–Kier alpha value is -2.23. The van der Waals surface area contributed by atoms with Crippen LogP contribution >= 0.6 is 0 Å². The van der Waals surface area contributed by atoms with Crippen molar-refractivity contribution in [3.05, 3.63) is 54.0 Å². The molecule has 1 aromatic heterocycles. The minimum atomic E-state index is 0.140. The van der Waals surface area contributed by atoms with Gasteiger partial charge in [0.1, 0.15) is 11.5 Å². The van der Waals surface area contributed by atoms with Gasteiger partial charge < -0.3 is 14.4 Å². The SMILES string of the molecule is O=C(CC1CCCCC1)N(Cc1ccco1)Cc1ccccc1O. The van der Waals surface area contributed by atoms with Gasteiger partial charge in [0.25, 0.3) is 0 Å². The molecule has 128 valence electrons. The summed E-state index contributed by atoms with van der Waals surface area (Å²) in [5.74, 6) is 1.63. The number of carbonyl (C=O) groups is 1. The van der Waals surface area contributed by atoms with Crippen LogP contribution in [0.1, 0.15) is 49.8 Å². The quantitative estimate of drug-likeness (QED) is 0.851. The van der Waals surface area contributed by atoms with Gasteiger partial charge in [0.05, 0.1) is 12.8 Å². The van der Waals surface area contributed by atoms with Crippen molar-refractivity contribution < 1.29 is 14.3 Å². The summed E-state index contributed by atoms with van der Waals surface area (Å²) in [6.45, 7) is 0.839. The molecule has 1 aliphatic rings. The summed E-state index contributed by atoms with van der Waals surface area (Å²) in [5, 5.41) is 10.0. The summed E-state index contributed by atoms with van der Waals surface area (Å²) in [7, 11) is 0. The van der Waals surface area contributed by atoms with Crippen molar-refractivity contribution in [2.45, 2.75) is 51.6 Å². The maximum absolute atomic E-state index is 12.9. The fraction of sp³-hybridized carbons (Fsp3) is 0.450. The van der Waals surface area contributed by atoms with Gasteiger partial charge in [-0.15, -0.1) is 0 Å². The van der Waals surface area contributed by atoms with Crippen LogP contribution in [0.4, 0.5) is 0 Å². The molecule has 0 spiro atoms. The molecule has 24 heavy (non-hydrogen) atoms. The second kappa shape index (κ2) is 8.04. The molecule has 3 rings (SSSR count). The average Bonchev–Trinajstić information content (AvgIpc) is 3.10. The van der Waals surface area contributed by atoms with Crippen LogP contribution in [0, 0.1) is 5.92 Å². The van der Waals surface area contributed by atoms with Crippen molar-refractivity contribution in [1.82, 2.24) is 4.90 Å². The molecule has 1 amide bonds. The van der Waals surface area contributed by atoms with Crippen molar-refractivity contribution in [2.75, 3.05) is 0 Å². The number of carbonyl (C=O) groups excluding carboxylic acids is 1. The summed E-state index contributed by atoms with van der Waals surface area (Å²) in [5.41, 5.74) is 0.765. The van der Waals surface area contributed by atoms with Gasteiger partial charge in [-0.1, -0.05) is 37.5 Å². The van der Waals surface area contributed by atoms with Crippen LogP contribution in [0.5, 0.6) is 5.75 Å². The molecular weight excluding hydrogens is 302 g/mol. The van der Waals surface area contributed by atoms with Gasteiger partial charge in [-0.2, -0.15) is 0 Å². The van der Waals surface area contributed by atoms with Gasteiger partial charge in [-0.05, 0) is 37.0 Å². The first-order valence-corrected chi connectivity index (χ1v) is 8.79. The third-order valence-corrected chi connectivity index (χ3v) is 4.82. The molecule has 4 heteroatoms. The molecule has 0 atom stereocenters. The van der Waals surface area contributed by atoms with Gasteiger partial charge in [-0.3, -0.25) is 4.79 Å². The van der Waals surface area contributed by atoms with Crippen molar-refractivity contribution in [1.29, 1.82) is 0 Å². The highest BCUT2D eigenvalue weighted by Gasteiger charge is 2.22. The van der Waals surface area contributed by atoms with E-state index in [2.05, 4.69) is 0 Å². The number of hydrogen-bond acceptors (Lipinski definition) is 3. The number of para-hydroxylation sites is 1. The highest BCUT2D eigenvalue weighted by Crippen LogP contribution is 2.28. The van der Waals surface area contributed by atoms with Crippen LogP contribution in [0.25, 0.3) is 0 Å². The minimum Gasteiger partial charge on any atom is -0.508 e. The Kier molecular flexibility index (Phi) is 5.57. The van der Waals surface area contributed by atoms with E-state index in [0.29, 0.717) is 25.4 Å². The lowest BCUT2D eigenvalue weighted by atomic mass is 9.86. The molecule has 0 aliphatic heterocycles. The van der Waals surface area contributed by atoms with Crippen molar-refractivity contribution in [2.24, 2.45) is 5.92 Å².